The van der Waals surface area contributed by atoms with Crippen molar-refractivity contribution in [2.75, 3.05) is 7.05 Å². The van der Waals surface area contributed by atoms with Gasteiger partial charge < -0.3 is 10.6 Å². The maximum absolute atomic E-state index is 12.5. The zero-order valence-corrected chi connectivity index (χ0v) is 11.8. The molecule has 1 heterocycles. The van der Waals surface area contributed by atoms with E-state index in [2.05, 4.69) is 4.98 Å². The van der Waals surface area contributed by atoms with Crippen molar-refractivity contribution in [3.05, 3.63) is 30.1 Å². The van der Waals surface area contributed by atoms with Gasteiger partial charge in [-0.25, -0.2) is 0 Å². The van der Waals surface area contributed by atoms with Crippen molar-refractivity contribution in [3.63, 3.8) is 0 Å². The van der Waals surface area contributed by atoms with Gasteiger partial charge in [-0.15, -0.1) is 0 Å². The van der Waals surface area contributed by atoms with Gasteiger partial charge in [0.15, 0.2) is 0 Å². The highest BCUT2D eigenvalue weighted by Crippen LogP contribution is 2.32. The summed E-state index contributed by atoms with van der Waals surface area (Å²) in [5.74, 6) is 0.108. The number of pyridine rings is 1. The average Bonchev–Trinajstić information content (AvgIpc) is 2.38. The molecule has 2 rings (SSSR count). The fourth-order valence-corrected chi connectivity index (χ4v) is 2.87. The van der Waals surface area contributed by atoms with Crippen LogP contribution in [0.3, 0.4) is 0 Å². The molecule has 1 amide bonds. The summed E-state index contributed by atoms with van der Waals surface area (Å²) in [6, 6.07) is 3.88. The van der Waals surface area contributed by atoms with E-state index in [0.717, 1.165) is 31.2 Å². The van der Waals surface area contributed by atoms with Crippen molar-refractivity contribution in [1.29, 1.82) is 0 Å². The van der Waals surface area contributed by atoms with Gasteiger partial charge >= 0.3 is 0 Å². The molecule has 1 aliphatic rings. The molecule has 1 aliphatic carbocycles. The molecule has 4 nitrogen and oxygen atoms in total. The summed E-state index contributed by atoms with van der Waals surface area (Å²) in [5, 5.41) is 0. The molecule has 1 saturated carbocycles. The van der Waals surface area contributed by atoms with E-state index in [-0.39, 0.29) is 17.4 Å². The lowest BCUT2D eigenvalue weighted by molar-refractivity contribution is -0.138. The van der Waals surface area contributed by atoms with Crippen LogP contribution in [0.15, 0.2) is 24.5 Å². The first-order valence-electron chi connectivity index (χ1n) is 6.93. The van der Waals surface area contributed by atoms with E-state index in [0.29, 0.717) is 6.54 Å². The highest BCUT2D eigenvalue weighted by molar-refractivity contribution is 5.80. The highest BCUT2D eigenvalue weighted by Gasteiger charge is 2.38. The first kappa shape index (κ1) is 14.0. The number of nitrogens with two attached hydrogens (primary N) is 1. The third-order valence-electron chi connectivity index (χ3n) is 4.07. The van der Waals surface area contributed by atoms with Crippen LogP contribution in [-0.4, -0.2) is 28.4 Å². The second-order valence-electron chi connectivity index (χ2n) is 5.86. The Morgan fingerprint density at radius 1 is 1.58 bits per heavy atom. The van der Waals surface area contributed by atoms with Crippen LogP contribution in [0.5, 0.6) is 0 Å². The van der Waals surface area contributed by atoms with Crippen molar-refractivity contribution in [2.24, 2.45) is 11.7 Å². The Morgan fingerprint density at radius 3 is 3.00 bits per heavy atom. The molecule has 2 unspecified atom stereocenters. The minimum atomic E-state index is -0.363. The number of hydrogen-bond acceptors (Lipinski definition) is 3. The number of amides is 1. The Balaban J connectivity index is 2.02. The summed E-state index contributed by atoms with van der Waals surface area (Å²) in [7, 11) is 1.85. The van der Waals surface area contributed by atoms with E-state index in [1.807, 2.05) is 26.1 Å². The summed E-state index contributed by atoms with van der Waals surface area (Å²) in [5.41, 5.74) is 6.98. The van der Waals surface area contributed by atoms with Crippen LogP contribution in [-0.2, 0) is 11.3 Å². The minimum absolute atomic E-state index is 0.0529. The summed E-state index contributed by atoms with van der Waals surface area (Å²) < 4.78 is 0. The van der Waals surface area contributed by atoms with E-state index in [9.17, 15) is 4.79 Å². The molecule has 1 aromatic rings. The second kappa shape index (κ2) is 5.70. The van der Waals surface area contributed by atoms with Crippen molar-refractivity contribution < 1.29 is 4.79 Å². The first-order chi connectivity index (χ1) is 9.00. The summed E-state index contributed by atoms with van der Waals surface area (Å²) >= 11 is 0. The smallest absolute Gasteiger partial charge is 0.227 e. The van der Waals surface area contributed by atoms with Crippen molar-refractivity contribution in [1.82, 2.24) is 9.88 Å². The molecule has 2 atom stereocenters. The molecule has 0 aromatic carbocycles. The Morgan fingerprint density at radius 2 is 2.37 bits per heavy atom. The molecule has 1 fully saturated rings. The number of hydrogen-bond donors (Lipinski definition) is 1. The maximum Gasteiger partial charge on any atom is 0.227 e. The van der Waals surface area contributed by atoms with Gasteiger partial charge in [0.1, 0.15) is 0 Å². The summed E-state index contributed by atoms with van der Waals surface area (Å²) in [4.78, 5) is 18.4. The number of rotatable bonds is 3. The van der Waals surface area contributed by atoms with Crippen LogP contribution in [0.1, 0.15) is 38.2 Å². The standard InChI is InChI=1S/C15H23N3O/c1-15(16)8-4-3-7-13(15)14(19)18(2)11-12-6-5-9-17-10-12/h5-6,9-10,13H,3-4,7-8,11,16H2,1-2H3. The van der Waals surface area contributed by atoms with Crippen LogP contribution < -0.4 is 5.73 Å². The zero-order chi connectivity index (χ0) is 13.9. The third kappa shape index (κ3) is 3.32. The topological polar surface area (TPSA) is 59.2 Å². The molecule has 2 N–H and O–H groups in total. The quantitative estimate of drug-likeness (QED) is 0.904. The molecular formula is C15H23N3O. The van der Waals surface area contributed by atoms with Gasteiger partial charge in [0.25, 0.3) is 0 Å². The van der Waals surface area contributed by atoms with E-state index in [1.165, 1.54) is 0 Å². The van der Waals surface area contributed by atoms with Gasteiger partial charge in [0.05, 0.1) is 5.92 Å². The average molecular weight is 261 g/mol. The van der Waals surface area contributed by atoms with Crippen LogP contribution in [0.4, 0.5) is 0 Å². The van der Waals surface area contributed by atoms with Gasteiger partial charge in [-0.05, 0) is 31.4 Å². The third-order valence-corrected chi connectivity index (χ3v) is 4.07. The van der Waals surface area contributed by atoms with Crippen molar-refractivity contribution in [2.45, 2.75) is 44.7 Å². The normalized spacial score (nSPS) is 27.0. The fourth-order valence-electron chi connectivity index (χ4n) is 2.87. The highest BCUT2D eigenvalue weighted by atomic mass is 16.2. The first-order valence-corrected chi connectivity index (χ1v) is 6.93. The monoisotopic (exact) mass is 261 g/mol. The van der Waals surface area contributed by atoms with Crippen LogP contribution in [0.2, 0.25) is 0 Å². The maximum atomic E-state index is 12.5. The Labute approximate surface area is 115 Å². The summed E-state index contributed by atoms with van der Waals surface area (Å²) in [6.07, 6.45) is 7.61. The number of carbonyl (C=O) groups excluding carboxylic acids is 1. The fraction of sp³-hybridized carbons (Fsp3) is 0.600. The van der Waals surface area contributed by atoms with E-state index in [4.69, 9.17) is 5.73 Å². The molecule has 0 aliphatic heterocycles. The molecule has 0 radical (unpaired) electrons. The molecule has 0 spiro atoms. The van der Waals surface area contributed by atoms with Crippen LogP contribution in [0, 0.1) is 5.92 Å². The predicted octanol–water partition coefficient (Wildman–Crippen LogP) is 1.95. The number of carbonyl (C=O) groups is 1. The zero-order valence-electron chi connectivity index (χ0n) is 11.8. The summed E-state index contributed by atoms with van der Waals surface area (Å²) in [6.45, 7) is 2.60. The molecule has 104 valence electrons. The molecule has 4 heteroatoms. The number of aromatic nitrogens is 1. The second-order valence-corrected chi connectivity index (χ2v) is 5.86. The number of nitrogens with zero attached hydrogens (tertiary/aromatic N) is 2. The predicted molar refractivity (Wildman–Crippen MR) is 75.3 cm³/mol. The van der Waals surface area contributed by atoms with Gasteiger partial charge in [0.2, 0.25) is 5.91 Å². The Hall–Kier alpha value is -1.42. The van der Waals surface area contributed by atoms with Crippen LogP contribution in [0.25, 0.3) is 0 Å². The van der Waals surface area contributed by atoms with E-state index in [1.54, 1.807) is 17.3 Å². The van der Waals surface area contributed by atoms with Crippen molar-refractivity contribution in [3.8, 4) is 0 Å². The molecule has 0 saturated heterocycles. The largest absolute Gasteiger partial charge is 0.341 e. The Kier molecular flexibility index (Phi) is 4.20. The van der Waals surface area contributed by atoms with E-state index < -0.39 is 0 Å². The minimum Gasteiger partial charge on any atom is -0.341 e. The molecule has 19 heavy (non-hydrogen) atoms. The van der Waals surface area contributed by atoms with E-state index >= 15 is 0 Å². The lowest BCUT2D eigenvalue weighted by atomic mass is 9.74. The molecule has 1 aromatic heterocycles. The van der Waals surface area contributed by atoms with Crippen molar-refractivity contribution >= 4 is 5.91 Å². The lowest BCUT2D eigenvalue weighted by Crippen LogP contribution is -2.53. The SMILES string of the molecule is CN(Cc1cccnc1)C(=O)C1CCCCC1(C)N. The lowest BCUT2D eigenvalue weighted by Gasteiger charge is -2.39. The van der Waals surface area contributed by atoms with Gasteiger partial charge in [-0.3, -0.25) is 9.78 Å². The van der Waals surface area contributed by atoms with Crippen LogP contribution >= 0.6 is 0 Å². The van der Waals surface area contributed by atoms with Gasteiger partial charge in [-0.2, -0.15) is 0 Å². The Bertz CT molecular complexity index is 430. The molecule has 0 bridgehead atoms. The van der Waals surface area contributed by atoms with Gasteiger partial charge in [0, 0.05) is 31.5 Å². The molecular weight excluding hydrogens is 238 g/mol. The van der Waals surface area contributed by atoms with Gasteiger partial charge in [-0.1, -0.05) is 18.9 Å².